The van der Waals surface area contributed by atoms with Crippen LogP contribution in [0.1, 0.15) is 13.3 Å². The maximum Gasteiger partial charge on any atom is 0.401 e. The summed E-state index contributed by atoms with van der Waals surface area (Å²) in [6.07, 6.45) is -3.31. The molecule has 3 N–H and O–H groups in total. The van der Waals surface area contributed by atoms with Crippen molar-refractivity contribution in [2.24, 2.45) is 11.7 Å². The lowest BCUT2D eigenvalue weighted by atomic mass is 10.1. The van der Waals surface area contributed by atoms with Gasteiger partial charge < -0.3 is 11.1 Å². The Labute approximate surface area is 70.3 Å². The Hall–Kier alpha value is -0.290. The van der Waals surface area contributed by atoms with Gasteiger partial charge in [0.1, 0.15) is 0 Å². The molecule has 1 unspecified atom stereocenters. The fraction of sp³-hybridized carbons (Fsp3) is 1.00. The third-order valence-electron chi connectivity index (χ3n) is 1.67. The number of hydrogen-bond acceptors (Lipinski definition) is 2. The summed E-state index contributed by atoms with van der Waals surface area (Å²) in [7, 11) is 0. The summed E-state index contributed by atoms with van der Waals surface area (Å²) in [5.41, 5.74) is 5.31. The molecule has 0 aliphatic heterocycles. The highest BCUT2D eigenvalue weighted by atomic mass is 19.4. The van der Waals surface area contributed by atoms with E-state index < -0.39 is 12.7 Å². The minimum Gasteiger partial charge on any atom is -0.330 e. The first kappa shape index (κ1) is 11.7. The Kier molecular flexibility index (Phi) is 5.24. The van der Waals surface area contributed by atoms with Crippen LogP contribution in [0.3, 0.4) is 0 Å². The zero-order valence-corrected chi connectivity index (χ0v) is 7.12. The van der Waals surface area contributed by atoms with Gasteiger partial charge in [0.15, 0.2) is 0 Å². The molecule has 0 amide bonds. The summed E-state index contributed by atoms with van der Waals surface area (Å²) >= 11 is 0. The number of alkyl halides is 3. The van der Waals surface area contributed by atoms with Crippen molar-refractivity contribution in [1.29, 1.82) is 0 Å². The molecule has 0 fully saturated rings. The number of nitrogens with one attached hydrogen (secondary N) is 1. The maximum absolute atomic E-state index is 11.6. The monoisotopic (exact) mass is 184 g/mol. The molecule has 0 rings (SSSR count). The maximum atomic E-state index is 11.6. The van der Waals surface area contributed by atoms with Gasteiger partial charge in [0.05, 0.1) is 6.54 Å². The van der Waals surface area contributed by atoms with E-state index in [4.69, 9.17) is 5.73 Å². The molecule has 12 heavy (non-hydrogen) atoms. The van der Waals surface area contributed by atoms with E-state index in [0.29, 0.717) is 13.1 Å². The average molecular weight is 184 g/mol. The number of hydrogen-bond donors (Lipinski definition) is 2. The van der Waals surface area contributed by atoms with E-state index in [1.807, 2.05) is 6.92 Å². The minimum absolute atomic E-state index is 0.146. The van der Waals surface area contributed by atoms with Crippen LogP contribution in [0.4, 0.5) is 13.2 Å². The van der Waals surface area contributed by atoms with Crippen LogP contribution < -0.4 is 11.1 Å². The highest BCUT2D eigenvalue weighted by Gasteiger charge is 2.26. The van der Waals surface area contributed by atoms with Crippen molar-refractivity contribution in [3.05, 3.63) is 0 Å². The average Bonchev–Trinajstić information content (AvgIpc) is 1.96. The molecule has 0 radical (unpaired) electrons. The van der Waals surface area contributed by atoms with Crippen LogP contribution in [0.25, 0.3) is 0 Å². The number of rotatable bonds is 5. The molecule has 0 aromatic rings. The summed E-state index contributed by atoms with van der Waals surface area (Å²) in [5, 5.41) is 2.32. The zero-order valence-electron chi connectivity index (χ0n) is 7.12. The van der Waals surface area contributed by atoms with Gasteiger partial charge in [-0.15, -0.1) is 0 Å². The Bertz CT molecular complexity index is 110. The van der Waals surface area contributed by atoms with Crippen LogP contribution >= 0.6 is 0 Å². The highest BCUT2D eigenvalue weighted by Crippen LogP contribution is 2.12. The van der Waals surface area contributed by atoms with Crippen molar-refractivity contribution in [2.75, 3.05) is 19.6 Å². The summed E-state index contributed by atoms with van der Waals surface area (Å²) < 4.78 is 34.9. The van der Waals surface area contributed by atoms with Crippen LogP contribution in [0.15, 0.2) is 0 Å². The second-order valence-corrected chi connectivity index (χ2v) is 2.76. The van der Waals surface area contributed by atoms with Crippen LogP contribution in [-0.2, 0) is 0 Å². The predicted molar refractivity (Wildman–Crippen MR) is 41.8 cm³/mol. The van der Waals surface area contributed by atoms with Crippen molar-refractivity contribution in [2.45, 2.75) is 19.5 Å². The fourth-order valence-corrected chi connectivity index (χ4v) is 0.812. The van der Waals surface area contributed by atoms with E-state index in [9.17, 15) is 13.2 Å². The van der Waals surface area contributed by atoms with E-state index in [2.05, 4.69) is 5.32 Å². The smallest absolute Gasteiger partial charge is 0.330 e. The normalized spacial score (nSPS) is 14.8. The summed E-state index contributed by atoms with van der Waals surface area (Å²) in [6.45, 7) is 1.75. The third kappa shape index (κ3) is 6.42. The van der Waals surface area contributed by atoms with Gasteiger partial charge in [-0.1, -0.05) is 13.3 Å². The molecule has 0 bridgehead atoms. The SMILES string of the molecule is CCC(CN)CNCC(F)(F)F. The lowest BCUT2D eigenvalue weighted by Crippen LogP contribution is -2.34. The van der Waals surface area contributed by atoms with Gasteiger partial charge in [0, 0.05) is 0 Å². The number of nitrogens with two attached hydrogens (primary N) is 1. The highest BCUT2D eigenvalue weighted by molar-refractivity contribution is 4.63. The molecule has 74 valence electrons. The van der Waals surface area contributed by atoms with Gasteiger partial charge >= 0.3 is 6.18 Å². The van der Waals surface area contributed by atoms with E-state index in [0.717, 1.165) is 6.42 Å². The molecule has 0 aromatic carbocycles. The summed E-state index contributed by atoms with van der Waals surface area (Å²) in [6, 6.07) is 0. The summed E-state index contributed by atoms with van der Waals surface area (Å²) in [4.78, 5) is 0. The van der Waals surface area contributed by atoms with Crippen LogP contribution in [0, 0.1) is 5.92 Å². The van der Waals surface area contributed by atoms with Gasteiger partial charge in [-0.3, -0.25) is 0 Å². The lowest BCUT2D eigenvalue weighted by Gasteiger charge is -2.14. The summed E-state index contributed by atoms with van der Waals surface area (Å²) in [5.74, 6) is 0.146. The molecule has 2 nitrogen and oxygen atoms in total. The lowest BCUT2D eigenvalue weighted by molar-refractivity contribution is -0.125. The standard InChI is InChI=1S/C7H15F3N2/c1-2-6(3-11)4-12-5-7(8,9)10/h6,12H,2-5,11H2,1H3. The molecule has 0 aliphatic rings. The van der Waals surface area contributed by atoms with Crippen LogP contribution in [0.2, 0.25) is 0 Å². The zero-order chi connectivity index (χ0) is 9.61. The molecule has 0 saturated carbocycles. The van der Waals surface area contributed by atoms with Crippen molar-refractivity contribution in [3.8, 4) is 0 Å². The van der Waals surface area contributed by atoms with E-state index in [-0.39, 0.29) is 5.92 Å². The molecule has 0 heterocycles. The topological polar surface area (TPSA) is 38.0 Å². The molecule has 1 atom stereocenters. The minimum atomic E-state index is -4.12. The van der Waals surface area contributed by atoms with E-state index >= 15 is 0 Å². The third-order valence-corrected chi connectivity index (χ3v) is 1.67. The fourth-order valence-electron chi connectivity index (χ4n) is 0.812. The van der Waals surface area contributed by atoms with Crippen molar-refractivity contribution >= 4 is 0 Å². The largest absolute Gasteiger partial charge is 0.401 e. The Balaban J connectivity index is 3.41. The van der Waals surface area contributed by atoms with Gasteiger partial charge in [-0.05, 0) is 19.0 Å². The molecule has 0 spiro atoms. The Morgan fingerprint density at radius 3 is 2.33 bits per heavy atom. The first-order valence-electron chi connectivity index (χ1n) is 3.97. The van der Waals surface area contributed by atoms with Gasteiger partial charge in [-0.2, -0.15) is 13.2 Å². The van der Waals surface area contributed by atoms with Gasteiger partial charge in [0.25, 0.3) is 0 Å². The van der Waals surface area contributed by atoms with Crippen LogP contribution in [0.5, 0.6) is 0 Å². The quantitative estimate of drug-likeness (QED) is 0.672. The Morgan fingerprint density at radius 2 is 2.00 bits per heavy atom. The van der Waals surface area contributed by atoms with E-state index in [1.165, 1.54) is 0 Å². The molecular weight excluding hydrogens is 169 g/mol. The second kappa shape index (κ2) is 5.37. The van der Waals surface area contributed by atoms with Gasteiger partial charge in [0.2, 0.25) is 0 Å². The molecule has 0 aromatic heterocycles. The van der Waals surface area contributed by atoms with Gasteiger partial charge in [-0.25, -0.2) is 0 Å². The van der Waals surface area contributed by atoms with Crippen molar-refractivity contribution < 1.29 is 13.2 Å². The molecular formula is C7H15F3N2. The molecule has 5 heteroatoms. The molecule has 0 aliphatic carbocycles. The second-order valence-electron chi connectivity index (χ2n) is 2.76. The number of halogens is 3. The molecule has 0 saturated heterocycles. The first-order chi connectivity index (χ1) is 5.49. The Morgan fingerprint density at radius 1 is 1.42 bits per heavy atom. The van der Waals surface area contributed by atoms with Crippen LogP contribution in [-0.4, -0.2) is 25.8 Å². The van der Waals surface area contributed by atoms with E-state index in [1.54, 1.807) is 0 Å². The van der Waals surface area contributed by atoms with Crippen molar-refractivity contribution in [1.82, 2.24) is 5.32 Å². The first-order valence-corrected chi connectivity index (χ1v) is 3.97. The predicted octanol–water partition coefficient (Wildman–Crippen LogP) is 1.12. The van der Waals surface area contributed by atoms with Crippen molar-refractivity contribution in [3.63, 3.8) is 0 Å².